The molecule has 100 heavy (non-hydrogen) atoms. The number of hydrogen-bond donors (Lipinski definition) is 9. The summed E-state index contributed by atoms with van der Waals surface area (Å²) in [5.41, 5.74) is 5.83. The molecule has 0 rings (SSSR count). The summed E-state index contributed by atoms with van der Waals surface area (Å²) in [5, 5.41) is 46.0. The average molecular weight is 1420 g/mol. The van der Waals surface area contributed by atoms with Crippen molar-refractivity contribution in [3.05, 3.63) is 12.2 Å². The van der Waals surface area contributed by atoms with Crippen molar-refractivity contribution in [2.24, 2.45) is 47.2 Å². The molecule has 0 aliphatic rings. The molecule has 0 fully saturated rings. The molecule has 0 spiro atoms. The van der Waals surface area contributed by atoms with Crippen molar-refractivity contribution in [1.29, 1.82) is 0 Å². The Balaban J connectivity index is 6.99. The lowest BCUT2D eigenvalue weighted by molar-refractivity contribution is -0.155. The van der Waals surface area contributed by atoms with Crippen LogP contribution in [0.25, 0.3) is 0 Å². The van der Waals surface area contributed by atoms with E-state index in [9.17, 15) is 77.6 Å². The minimum atomic E-state index is -1.71. The number of carbonyl (C=O) groups excluding carboxylic acids is 13. The molecule has 0 radical (unpaired) electrons. The van der Waals surface area contributed by atoms with Gasteiger partial charge in [-0.15, -0.1) is 0 Å². The van der Waals surface area contributed by atoms with E-state index in [0.29, 0.717) is 0 Å². The van der Waals surface area contributed by atoms with Gasteiger partial charge in [0.2, 0.25) is 70.9 Å². The molecular weight excluding hydrogens is 1290 g/mol. The summed E-state index contributed by atoms with van der Waals surface area (Å²) in [4.78, 5) is 190. The summed E-state index contributed by atoms with van der Waals surface area (Å²) in [6.07, 6.45) is 0.0700. The molecule has 0 saturated carbocycles. The van der Waals surface area contributed by atoms with E-state index >= 15 is 0 Å². The third-order valence-electron chi connectivity index (χ3n) is 17.5. The number of hydrogen-bond acceptors (Lipinski definition) is 18. The molecule has 574 valence electrons. The number of aliphatic hydroxyl groups excluding tert-OH is 3. The van der Waals surface area contributed by atoms with Crippen LogP contribution in [0.3, 0.4) is 0 Å². The average Bonchev–Trinajstić information content (AvgIpc) is 0.804. The predicted octanol–water partition coefficient (Wildman–Crippen LogP) is 0.614. The van der Waals surface area contributed by atoms with E-state index in [1.807, 2.05) is 69.2 Å². The van der Waals surface area contributed by atoms with Crippen LogP contribution in [-0.4, -0.2) is 281 Å². The first-order valence-electron chi connectivity index (χ1n) is 34.9. The molecule has 15 atom stereocenters. The van der Waals surface area contributed by atoms with Gasteiger partial charge in [0.05, 0.1) is 32.0 Å². The smallest absolute Gasteiger partial charge is 0.325 e. The zero-order valence-electron chi connectivity index (χ0n) is 64.7. The van der Waals surface area contributed by atoms with Crippen LogP contribution in [0.5, 0.6) is 0 Å². The first-order chi connectivity index (χ1) is 46.0. The molecule has 30 nitrogen and oxygen atoms in total. The Bertz CT molecular complexity index is 2760. The number of carbonyl (C=O) groups is 13. The van der Waals surface area contributed by atoms with Crippen molar-refractivity contribution in [2.75, 3.05) is 69.5 Å². The summed E-state index contributed by atoms with van der Waals surface area (Å²) in [7, 11) is 10.6. The van der Waals surface area contributed by atoms with Crippen LogP contribution in [0.4, 0.5) is 0 Å². The van der Waals surface area contributed by atoms with Crippen LogP contribution in [0.2, 0.25) is 0 Å². The van der Waals surface area contributed by atoms with Crippen LogP contribution in [0, 0.1) is 41.4 Å². The van der Waals surface area contributed by atoms with Crippen LogP contribution in [0.15, 0.2) is 12.2 Å². The van der Waals surface area contributed by atoms with E-state index in [2.05, 4.69) is 31.3 Å². The number of nitrogens with zero attached hydrogens (tertiary/aromatic N) is 7. The highest BCUT2D eigenvalue weighted by atomic mass is 16.5. The Hall–Kier alpha value is -7.31. The number of likely N-dealkylation sites (N-methyl/N-ethyl adjacent to an activating group) is 7. The Morgan fingerprint density at radius 3 is 1.21 bits per heavy atom. The van der Waals surface area contributed by atoms with Gasteiger partial charge in [-0.1, -0.05) is 102 Å². The number of ether oxygens (including phenoxy) is 1. The zero-order chi connectivity index (χ0) is 78.0. The number of aliphatic hydroxyl groups is 3. The number of allylic oxidation sites excluding steroid dienone is 2. The fraction of sp³-hybridized carbons (Fsp3) is 0.786. The maximum atomic E-state index is 15.0. The zero-order valence-corrected chi connectivity index (χ0v) is 64.7. The maximum absolute atomic E-state index is 15.0. The van der Waals surface area contributed by atoms with Crippen LogP contribution in [0.1, 0.15) is 163 Å². The number of nitrogens with one attached hydrogen (secondary N) is 5. The number of amides is 12. The molecule has 0 heterocycles. The molecule has 0 bridgehead atoms. The normalized spacial score (nSPS) is 16.2. The molecule has 0 unspecified atom stereocenters. The van der Waals surface area contributed by atoms with Crippen LogP contribution >= 0.6 is 0 Å². The third-order valence-corrected chi connectivity index (χ3v) is 17.5. The van der Waals surface area contributed by atoms with Gasteiger partial charge in [0.25, 0.3) is 0 Å². The van der Waals surface area contributed by atoms with E-state index in [-0.39, 0.29) is 68.1 Å². The minimum Gasteiger partial charge on any atom is -0.468 e. The van der Waals surface area contributed by atoms with Gasteiger partial charge >= 0.3 is 5.97 Å². The van der Waals surface area contributed by atoms with Crippen molar-refractivity contribution in [3.63, 3.8) is 0 Å². The Morgan fingerprint density at radius 2 is 0.810 bits per heavy atom. The summed E-state index contributed by atoms with van der Waals surface area (Å²) in [5.74, 6) is -11.9. The second-order valence-corrected chi connectivity index (χ2v) is 29.4. The van der Waals surface area contributed by atoms with Gasteiger partial charge in [-0.3, -0.25) is 62.3 Å². The Kier molecular flexibility index (Phi) is 40.3. The van der Waals surface area contributed by atoms with Crippen molar-refractivity contribution in [1.82, 2.24) is 60.9 Å². The van der Waals surface area contributed by atoms with Gasteiger partial charge in [-0.2, -0.15) is 0 Å². The Labute approximate surface area is 594 Å². The second-order valence-electron chi connectivity index (χ2n) is 29.4. The van der Waals surface area contributed by atoms with E-state index in [4.69, 9.17) is 5.73 Å². The maximum Gasteiger partial charge on any atom is 0.325 e. The number of esters is 1. The van der Waals surface area contributed by atoms with Gasteiger partial charge in [-0.05, 0) is 115 Å². The molecule has 0 aromatic rings. The fourth-order valence-corrected chi connectivity index (χ4v) is 11.4. The van der Waals surface area contributed by atoms with Crippen LogP contribution in [-0.2, 0) is 67.1 Å². The van der Waals surface area contributed by atoms with Gasteiger partial charge in [-0.25, -0.2) is 0 Å². The topological polar surface area (TPSA) is 401 Å². The molecule has 12 amide bonds. The first kappa shape index (κ1) is 92.7. The molecule has 0 aliphatic carbocycles. The second kappa shape index (κ2) is 43.5. The molecule has 0 aromatic heterocycles. The summed E-state index contributed by atoms with van der Waals surface area (Å²) >= 11 is 0. The molecule has 0 aromatic carbocycles. The SMILES string of the molecule is C/C=C/C[C@@H](C)[C@@H](O)[C@@H](C(=O)N[C@H](C(=O)N(C)CC(=O)OC)[C@@H](C)O)N(C)C(=O)[C@H](C(C)C)N(C)C(=O)[C@H](CC(C)C)NC(=O)[C@H](CC(C)C)N(C)C(=O)[C@@H](C)NC(=O)[C@H](C)NC(=O)[C@H](CC(C)C)N(C)C(=O)[C@H](CC(C)C)NC(=O)[C@H](CC(C)C)N(C)C(=O)CN(C)C(=O)[C@@H](N)[C@@H](C)O. The molecule has 30 heteroatoms. The monoisotopic (exact) mass is 1420 g/mol. The van der Waals surface area contributed by atoms with Gasteiger partial charge < -0.3 is 86.7 Å². The molecule has 0 saturated heterocycles. The standard InChI is InChI=1S/C70H127N13O17/c1-27-28-29-43(14)59(88)58(64(93)76-56(47(18)85)69(98)78(20)36-54(87)100-26)83(25)70(99)57(42(12)13)82(24)67(96)49(31-38(4)5)75-63(92)52(34-41(10)11)80(22)65(94)45(16)73-60(89)44(15)72-61(90)51(33-40(8)9)81(23)66(95)48(30-37(2)3)74-62(91)50(32-39(6)7)79(21)53(86)35-77(19)68(97)55(71)46(17)84/h27-28,37-52,55-59,84-85,88H,29-36,71H2,1-26H3,(H,72,90)(H,73,89)(H,74,91)(H,75,92)(H,76,93)/b28-27+/t43-,44+,45-,46-,47-,48+,49+,50+,51+,52+,55+,56+,57+,58+,59-/m1/s1. The minimum absolute atomic E-state index is 0.0582. The largest absolute Gasteiger partial charge is 0.468 e. The number of methoxy groups -OCH3 is 1. The lowest BCUT2D eigenvalue weighted by Gasteiger charge is -2.40. The van der Waals surface area contributed by atoms with E-state index in [1.165, 1.54) is 86.8 Å². The first-order valence-corrected chi connectivity index (χ1v) is 34.9. The molecule has 10 N–H and O–H groups in total. The van der Waals surface area contributed by atoms with Crippen molar-refractivity contribution in [3.8, 4) is 0 Å². The predicted molar refractivity (Wildman–Crippen MR) is 379 cm³/mol. The lowest BCUT2D eigenvalue weighted by atomic mass is 9.91. The van der Waals surface area contributed by atoms with Gasteiger partial charge in [0.1, 0.15) is 73.0 Å². The highest BCUT2D eigenvalue weighted by molar-refractivity contribution is 5.99. The summed E-state index contributed by atoms with van der Waals surface area (Å²) < 4.78 is 4.67. The highest BCUT2D eigenvalue weighted by Crippen LogP contribution is 2.24. The Morgan fingerprint density at radius 1 is 0.420 bits per heavy atom. The van der Waals surface area contributed by atoms with Gasteiger partial charge in [0, 0.05) is 49.3 Å². The van der Waals surface area contributed by atoms with Gasteiger partial charge in [0.15, 0.2) is 0 Å². The van der Waals surface area contributed by atoms with Crippen molar-refractivity contribution < 1.29 is 82.4 Å². The van der Waals surface area contributed by atoms with Crippen molar-refractivity contribution >= 4 is 76.9 Å². The van der Waals surface area contributed by atoms with Crippen molar-refractivity contribution in [2.45, 2.75) is 248 Å². The highest BCUT2D eigenvalue weighted by Gasteiger charge is 2.45. The molecular formula is C70H127N13O17. The summed E-state index contributed by atoms with van der Waals surface area (Å²) in [6, 6.07) is -14.5. The van der Waals surface area contributed by atoms with E-state index in [1.54, 1.807) is 39.8 Å². The van der Waals surface area contributed by atoms with E-state index < -0.39 is 187 Å². The molecule has 0 aliphatic heterocycles. The quantitative estimate of drug-likeness (QED) is 0.0299. The summed E-state index contributed by atoms with van der Waals surface area (Å²) in [6.45, 7) is 29.5. The number of nitrogens with two attached hydrogens (primary N) is 1. The lowest BCUT2D eigenvalue weighted by Crippen LogP contribution is -2.64. The van der Waals surface area contributed by atoms with Crippen LogP contribution < -0.4 is 32.3 Å². The fourth-order valence-electron chi connectivity index (χ4n) is 11.4. The van der Waals surface area contributed by atoms with E-state index in [0.717, 1.165) is 31.6 Å². The third kappa shape index (κ3) is 29.0. The number of rotatable bonds is 42.